The number of aromatic nitrogens is 1. The molecule has 0 saturated heterocycles. The highest BCUT2D eigenvalue weighted by molar-refractivity contribution is 5.94. The molecule has 0 spiro atoms. The number of carbonyl (C=O) groups is 1. The van der Waals surface area contributed by atoms with Crippen molar-refractivity contribution >= 4 is 5.97 Å². The normalized spacial score (nSPS) is 11.6. The summed E-state index contributed by atoms with van der Waals surface area (Å²) >= 11 is 0. The number of rotatable bonds is 5. The van der Waals surface area contributed by atoms with Crippen molar-refractivity contribution in [1.29, 1.82) is 0 Å². The first-order chi connectivity index (χ1) is 9.71. The maximum atomic E-state index is 12.8. The predicted octanol–water partition coefficient (Wildman–Crippen LogP) is 2.55. The van der Waals surface area contributed by atoms with Crippen LogP contribution in [0.5, 0.6) is 5.75 Å². The Morgan fingerprint density at radius 2 is 2.05 bits per heavy atom. The van der Waals surface area contributed by atoms with E-state index < -0.39 is 47.9 Å². The molecule has 0 bridgehead atoms. The van der Waals surface area contributed by atoms with Crippen LogP contribution in [-0.2, 0) is 11.3 Å². The van der Waals surface area contributed by atoms with Gasteiger partial charge in [0, 0.05) is 12.1 Å². The van der Waals surface area contributed by atoms with E-state index in [1.807, 2.05) is 0 Å². The summed E-state index contributed by atoms with van der Waals surface area (Å²) in [5, 5.41) is 0. The summed E-state index contributed by atoms with van der Waals surface area (Å²) in [5.74, 6) is -2.28. The van der Waals surface area contributed by atoms with E-state index in [4.69, 9.17) is 5.73 Å². The summed E-state index contributed by atoms with van der Waals surface area (Å²) < 4.78 is 70.6. The van der Waals surface area contributed by atoms with Gasteiger partial charge in [0.2, 0.25) is 0 Å². The quantitative estimate of drug-likeness (QED) is 0.668. The van der Waals surface area contributed by atoms with E-state index >= 15 is 0 Å². The predicted molar refractivity (Wildman–Crippen MR) is 59.7 cm³/mol. The maximum absolute atomic E-state index is 12.8. The van der Waals surface area contributed by atoms with Crippen LogP contribution in [0, 0.1) is 0 Å². The average Bonchev–Trinajstić information content (AvgIpc) is 2.35. The van der Waals surface area contributed by atoms with Crippen molar-refractivity contribution in [3.8, 4) is 5.75 Å². The van der Waals surface area contributed by atoms with Crippen molar-refractivity contribution in [3.05, 3.63) is 23.0 Å². The van der Waals surface area contributed by atoms with E-state index in [0.29, 0.717) is 6.20 Å². The van der Waals surface area contributed by atoms with Crippen LogP contribution in [0.25, 0.3) is 0 Å². The Balaban J connectivity index is 3.47. The molecule has 0 atom stereocenters. The molecule has 5 nitrogen and oxygen atoms in total. The van der Waals surface area contributed by atoms with Gasteiger partial charge < -0.3 is 15.2 Å². The fourth-order valence-corrected chi connectivity index (χ4v) is 1.57. The summed E-state index contributed by atoms with van der Waals surface area (Å²) in [4.78, 5) is 14.9. The molecule has 1 rings (SSSR count). The standard InChI is InChI=1S/C11H11F5N2O3/c1-2-20-10(19)7-5(3-17)8(9(12)13)18-4-6(7)21-11(14,15)16/h4,9H,2-3,17H2,1H3. The lowest BCUT2D eigenvalue weighted by atomic mass is 10.1. The van der Waals surface area contributed by atoms with Gasteiger partial charge in [-0.05, 0) is 6.92 Å². The van der Waals surface area contributed by atoms with Gasteiger partial charge in [0.05, 0.1) is 12.8 Å². The average molecular weight is 314 g/mol. The van der Waals surface area contributed by atoms with Crippen molar-refractivity contribution in [2.45, 2.75) is 26.3 Å². The van der Waals surface area contributed by atoms with Gasteiger partial charge in [0.15, 0.2) is 5.75 Å². The first-order valence-corrected chi connectivity index (χ1v) is 5.64. The molecular formula is C11H11F5N2O3. The zero-order valence-electron chi connectivity index (χ0n) is 10.7. The highest BCUT2D eigenvalue weighted by atomic mass is 19.4. The molecule has 118 valence electrons. The molecule has 0 radical (unpaired) electrons. The summed E-state index contributed by atoms with van der Waals surface area (Å²) in [7, 11) is 0. The first kappa shape index (κ1) is 17.1. The lowest BCUT2D eigenvalue weighted by Crippen LogP contribution is -2.22. The van der Waals surface area contributed by atoms with Crippen molar-refractivity contribution in [3.63, 3.8) is 0 Å². The molecular weight excluding hydrogens is 303 g/mol. The third-order valence-electron chi connectivity index (χ3n) is 2.29. The van der Waals surface area contributed by atoms with Crippen molar-refractivity contribution in [1.82, 2.24) is 4.98 Å². The number of pyridine rings is 1. The number of carbonyl (C=O) groups excluding carboxylic acids is 1. The second-order valence-corrected chi connectivity index (χ2v) is 3.63. The SMILES string of the molecule is CCOC(=O)c1c(OC(F)(F)F)cnc(C(F)F)c1CN. The smallest absolute Gasteiger partial charge is 0.462 e. The Hall–Kier alpha value is -1.97. The number of alkyl halides is 5. The van der Waals surface area contributed by atoms with Crippen molar-refractivity contribution in [2.24, 2.45) is 5.73 Å². The number of nitrogens with zero attached hydrogens (tertiary/aromatic N) is 1. The largest absolute Gasteiger partial charge is 0.573 e. The Labute approximate surface area is 115 Å². The van der Waals surface area contributed by atoms with E-state index in [0.717, 1.165) is 0 Å². The van der Waals surface area contributed by atoms with Crippen molar-refractivity contribution < 1.29 is 36.2 Å². The zero-order chi connectivity index (χ0) is 16.2. The summed E-state index contributed by atoms with van der Waals surface area (Å²) in [5.41, 5.74) is 2.99. The summed E-state index contributed by atoms with van der Waals surface area (Å²) in [6.45, 7) is 0.607. The molecule has 0 saturated carbocycles. The van der Waals surface area contributed by atoms with E-state index in [-0.39, 0.29) is 6.61 Å². The minimum absolute atomic E-state index is 0.166. The molecule has 21 heavy (non-hydrogen) atoms. The molecule has 0 aliphatic heterocycles. The summed E-state index contributed by atoms with van der Waals surface area (Å²) in [6.07, 6.45) is -7.85. The number of halogens is 5. The minimum Gasteiger partial charge on any atom is -0.462 e. The third kappa shape index (κ3) is 4.25. The van der Waals surface area contributed by atoms with Crippen LogP contribution < -0.4 is 10.5 Å². The number of hydrogen-bond acceptors (Lipinski definition) is 5. The van der Waals surface area contributed by atoms with Crippen molar-refractivity contribution in [2.75, 3.05) is 6.61 Å². The molecule has 1 aromatic heterocycles. The highest BCUT2D eigenvalue weighted by Gasteiger charge is 2.35. The van der Waals surface area contributed by atoms with Gasteiger partial charge in [-0.3, -0.25) is 4.98 Å². The van der Waals surface area contributed by atoms with E-state index in [9.17, 15) is 26.7 Å². The number of hydrogen-bond donors (Lipinski definition) is 1. The number of esters is 1. The van der Waals surface area contributed by atoms with Gasteiger partial charge in [-0.25, -0.2) is 13.6 Å². The van der Waals surface area contributed by atoms with Crippen LogP contribution in [0.2, 0.25) is 0 Å². The van der Waals surface area contributed by atoms with Crippen LogP contribution >= 0.6 is 0 Å². The maximum Gasteiger partial charge on any atom is 0.573 e. The van der Waals surface area contributed by atoms with Gasteiger partial charge in [0.1, 0.15) is 11.3 Å². The van der Waals surface area contributed by atoms with Gasteiger partial charge in [-0.15, -0.1) is 13.2 Å². The number of nitrogens with two attached hydrogens (primary N) is 1. The molecule has 0 aliphatic rings. The number of ether oxygens (including phenoxy) is 2. The highest BCUT2D eigenvalue weighted by Crippen LogP contribution is 2.33. The van der Waals surface area contributed by atoms with E-state index in [2.05, 4.69) is 14.5 Å². The van der Waals surface area contributed by atoms with Gasteiger partial charge >= 0.3 is 12.3 Å². The molecule has 0 fully saturated rings. The van der Waals surface area contributed by atoms with Gasteiger partial charge in [-0.1, -0.05) is 0 Å². The Kier molecular flexibility index (Phi) is 5.41. The first-order valence-electron chi connectivity index (χ1n) is 5.64. The fraction of sp³-hybridized carbons (Fsp3) is 0.455. The lowest BCUT2D eigenvalue weighted by molar-refractivity contribution is -0.274. The lowest BCUT2D eigenvalue weighted by Gasteiger charge is -2.17. The third-order valence-corrected chi connectivity index (χ3v) is 2.29. The molecule has 0 amide bonds. The molecule has 0 aromatic carbocycles. The Bertz CT molecular complexity index is 519. The fourth-order valence-electron chi connectivity index (χ4n) is 1.57. The Morgan fingerprint density at radius 1 is 1.43 bits per heavy atom. The molecule has 2 N–H and O–H groups in total. The van der Waals surface area contributed by atoms with Crippen LogP contribution in [0.1, 0.15) is 35.0 Å². The molecule has 1 heterocycles. The van der Waals surface area contributed by atoms with E-state index in [1.165, 1.54) is 6.92 Å². The van der Waals surface area contributed by atoms with Crippen LogP contribution in [0.4, 0.5) is 22.0 Å². The molecule has 1 aromatic rings. The Morgan fingerprint density at radius 3 is 2.48 bits per heavy atom. The van der Waals surface area contributed by atoms with Gasteiger partial charge in [-0.2, -0.15) is 0 Å². The van der Waals surface area contributed by atoms with E-state index in [1.54, 1.807) is 0 Å². The van der Waals surface area contributed by atoms with Gasteiger partial charge in [0.25, 0.3) is 6.43 Å². The van der Waals surface area contributed by atoms with Crippen LogP contribution in [0.15, 0.2) is 6.20 Å². The van der Waals surface area contributed by atoms with Crippen LogP contribution in [-0.4, -0.2) is 23.9 Å². The molecule has 0 unspecified atom stereocenters. The zero-order valence-corrected chi connectivity index (χ0v) is 10.7. The minimum atomic E-state index is -5.12. The second kappa shape index (κ2) is 6.66. The van der Waals surface area contributed by atoms with Crippen LogP contribution in [0.3, 0.4) is 0 Å². The molecule has 10 heteroatoms. The second-order valence-electron chi connectivity index (χ2n) is 3.63. The summed E-state index contributed by atoms with van der Waals surface area (Å²) in [6, 6.07) is 0. The molecule has 0 aliphatic carbocycles. The topological polar surface area (TPSA) is 74.4 Å². The monoisotopic (exact) mass is 314 g/mol.